The Balaban J connectivity index is 1.49. The van der Waals surface area contributed by atoms with E-state index in [1.54, 1.807) is 60.7 Å². The van der Waals surface area contributed by atoms with Crippen LogP contribution in [0, 0.1) is 0 Å². The van der Waals surface area contributed by atoms with Gasteiger partial charge in [-0.15, -0.1) is 0 Å². The van der Waals surface area contributed by atoms with Crippen LogP contribution in [0.25, 0.3) is 0 Å². The highest BCUT2D eigenvalue weighted by Crippen LogP contribution is 2.30. The lowest BCUT2D eigenvalue weighted by Crippen LogP contribution is -2.32. The molecule has 3 aromatic carbocycles. The fourth-order valence-corrected chi connectivity index (χ4v) is 4.15. The highest BCUT2D eigenvalue weighted by molar-refractivity contribution is 6.53. The van der Waals surface area contributed by atoms with Crippen molar-refractivity contribution in [3.63, 3.8) is 0 Å². The fraction of sp³-hybridized carbons (Fsp3) is 0.172. The number of nitrogens with one attached hydrogen (secondary N) is 2. The standard InChI is InChI=1S/C29H26ClN3O4/c1-3-4-7-19-12-14-24(15-13-19)33-28(36)25(30)26(29(33)37)31-22-10-6-9-21(17-22)27(35)32-23-11-5-8-20(16-23)18(2)34/h5-6,8-17,31H,3-4,7H2,1-2H3,(H,32,35). The molecule has 3 amide bonds. The summed E-state index contributed by atoms with van der Waals surface area (Å²) in [6.45, 7) is 3.57. The molecule has 0 bridgehead atoms. The maximum Gasteiger partial charge on any atom is 0.283 e. The Morgan fingerprint density at radius 2 is 1.51 bits per heavy atom. The minimum absolute atomic E-state index is 0.0616. The van der Waals surface area contributed by atoms with E-state index in [0.29, 0.717) is 28.2 Å². The number of ketones is 1. The Hall–Kier alpha value is -4.23. The first-order valence-electron chi connectivity index (χ1n) is 12.0. The van der Waals surface area contributed by atoms with Gasteiger partial charge in [0.05, 0.1) is 5.69 Å². The number of amides is 3. The maximum absolute atomic E-state index is 13.1. The number of hydrogen-bond donors (Lipinski definition) is 2. The van der Waals surface area contributed by atoms with E-state index in [9.17, 15) is 19.2 Å². The minimum Gasteiger partial charge on any atom is -0.350 e. The summed E-state index contributed by atoms with van der Waals surface area (Å²) in [6, 6.07) is 20.4. The van der Waals surface area contributed by atoms with E-state index in [2.05, 4.69) is 17.6 Å². The smallest absolute Gasteiger partial charge is 0.283 e. The predicted molar refractivity (Wildman–Crippen MR) is 145 cm³/mol. The SMILES string of the molecule is CCCCc1ccc(N2C(=O)C(Cl)=C(Nc3cccc(C(=O)Nc4cccc(C(C)=O)c4)c3)C2=O)cc1. The second-order valence-corrected chi connectivity index (χ2v) is 9.08. The molecule has 0 saturated carbocycles. The molecule has 2 N–H and O–H groups in total. The number of Topliss-reactive ketones (excluding diaryl/α,β-unsaturated/α-hetero) is 1. The normalized spacial score (nSPS) is 13.2. The Bertz CT molecular complexity index is 1410. The number of hydrogen-bond acceptors (Lipinski definition) is 5. The number of imide groups is 1. The molecule has 4 rings (SSSR count). The number of carbonyl (C=O) groups excluding carboxylic acids is 4. The number of rotatable bonds is 9. The van der Waals surface area contributed by atoms with Crippen molar-refractivity contribution in [3.05, 3.63) is 100 Å². The van der Waals surface area contributed by atoms with E-state index < -0.39 is 17.7 Å². The molecule has 0 atom stereocenters. The number of unbranched alkanes of at least 4 members (excludes halogenated alkanes) is 1. The van der Waals surface area contributed by atoms with Crippen LogP contribution in [0.15, 0.2) is 83.5 Å². The zero-order valence-corrected chi connectivity index (χ0v) is 21.3. The van der Waals surface area contributed by atoms with Crippen LogP contribution < -0.4 is 15.5 Å². The van der Waals surface area contributed by atoms with E-state index in [1.807, 2.05) is 12.1 Å². The first-order chi connectivity index (χ1) is 17.8. The van der Waals surface area contributed by atoms with Crippen molar-refractivity contribution in [3.8, 4) is 0 Å². The van der Waals surface area contributed by atoms with Gasteiger partial charge in [0.2, 0.25) is 0 Å². The third-order valence-electron chi connectivity index (χ3n) is 5.96. The average molecular weight is 516 g/mol. The Kier molecular flexibility index (Phi) is 7.84. The van der Waals surface area contributed by atoms with Crippen molar-refractivity contribution in [1.29, 1.82) is 0 Å². The van der Waals surface area contributed by atoms with Crippen molar-refractivity contribution < 1.29 is 19.2 Å². The fourth-order valence-electron chi connectivity index (χ4n) is 3.94. The lowest BCUT2D eigenvalue weighted by Gasteiger charge is -2.16. The van der Waals surface area contributed by atoms with Gasteiger partial charge in [0.15, 0.2) is 5.78 Å². The molecule has 7 nitrogen and oxygen atoms in total. The lowest BCUT2D eigenvalue weighted by molar-refractivity contribution is -0.120. The van der Waals surface area contributed by atoms with Crippen LogP contribution >= 0.6 is 11.6 Å². The quantitative estimate of drug-likeness (QED) is 0.272. The van der Waals surface area contributed by atoms with Gasteiger partial charge in [-0.2, -0.15) is 0 Å². The second kappa shape index (κ2) is 11.2. The number of halogens is 1. The minimum atomic E-state index is -0.616. The van der Waals surface area contributed by atoms with Gasteiger partial charge in [0, 0.05) is 22.5 Å². The third-order valence-corrected chi connectivity index (χ3v) is 6.31. The summed E-state index contributed by atoms with van der Waals surface area (Å²) in [4.78, 5) is 51.4. The number of benzene rings is 3. The van der Waals surface area contributed by atoms with Gasteiger partial charge in [-0.25, -0.2) is 4.90 Å². The molecule has 0 spiro atoms. The number of aryl methyl sites for hydroxylation is 1. The van der Waals surface area contributed by atoms with Crippen LogP contribution in [0.5, 0.6) is 0 Å². The largest absolute Gasteiger partial charge is 0.350 e. The summed E-state index contributed by atoms with van der Waals surface area (Å²) in [5.41, 5.74) is 3.20. The van der Waals surface area contributed by atoms with Crippen LogP contribution in [-0.4, -0.2) is 23.5 Å². The van der Waals surface area contributed by atoms with Crippen LogP contribution in [0.4, 0.5) is 17.1 Å². The van der Waals surface area contributed by atoms with Gasteiger partial charge in [0.1, 0.15) is 10.7 Å². The zero-order valence-electron chi connectivity index (χ0n) is 20.5. The molecular formula is C29H26ClN3O4. The molecule has 1 heterocycles. The molecule has 37 heavy (non-hydrogen) atoms. The van der Waals surface area contributed by atoms with E-state index in [4.69, 9.17) is 11.6 Å². The highest BCUT2D eigenvalue weighted by Gasteiger charge is 2.39. The first kappa shape index (κ1) is 25.9. The number of anilines is 3. The lowest BCUT2D eigenvalue weighted by atomic mass is 10.1. The van der Waals surface area contributed by atoms with Gasteiger partial charge < -0.3 is 10.6 Å². The van der Waals surface area contributed by atoms with E-state index in [1.165, 1.54) is 6.92 Å². The number of nitrogens with zero attached hydrogens (tertiary/aromatic N) is 1. The summed E-state index contributed by atoms with van der Waals surface area (Å²) >= 11 is 6.27. The highest BCUT2D eigenvalue weighted by atomic mass is 35.5. The molecule has 1 aliphatic rings. The molecule has 0 aromatic heterocycles. The first-order valence-corrected chi connectivity index (χ1v) is 12.3. The van der Waals surface area contributed by atoms with Crippen LogP contribution in [0.2, 0.25) is 0 Å². The molecule has 8 heteroatoms. The van der Waals surface area contributed by atoms with Gasteiger partial charge >= 0.3 is 0 Å². The maximum atomic E-state index is 13.1. The molecule has 0 unspecified atom stereocenters. The molecule has 1 aliphatic heterocycles. The summed E-state index contributed by atoms with van der Waals surface area (Å²) in [7, 11) is 0. The Morgan fingerprint density at radius 1 is 0.865 bits per heavy atom. The molecular weight excluding hydrogens is 490 g/mol. The van der Waals surface area contributed by atoms with Crippen LogP contribution in [0.3, 0.4) is 0 Å². The van der Waals surface area contributed by atoms with Crippen molar-refractivity contribution >= 4 is 52.2 Å². The predicted octanol–water partition coefficient (Wildman–Crippen LogP) is 5.92. The van der Waals surface area contributed by atoms with Crippen molar-refractivity contribution in [2.45, 2.75) is 33.1 Å². The Labute approximate surface area is 220 Å². The van der Waals surface area contributed by atoms with Crippen molar-refractivity contribution in [1.82, 2.24) is 0 Å². The topological polar surface area (TPSA) is 95.6 Å². The molecule has 0 saturated heterocycles. The van der Waals surface area contributed by atoms with Gasteiger partial charge in [-0.1, -0.05) is 55.3 Å². The van der Waals surface area contributed by atoms with Gasteiger partial charge in [-0.05, 0) is 67.8 Å². The summed E-state index contributed by atoms with van der Waals surface area (Å²) < 4.78 is 0. The van der Waals surface area contributed by atoms with Gasteiger partial charge in [-0.3, -0.25) is 19.2 Å². The second-order valence-electron chi connectivity index (χ2n) is 8.70. The molecule has 188 valence electrons. The average Bonchev–Trinajstić information content (AvgIpc) is 3.11. The Morgan fingerprint density at radius 3 is 2.19 bits per heavy atom. The van der Waals surface area contributed by atoms with E-state index in [-0.39, 0.29) is 16.5 Å². The van der Waals surface area contributed by atoms with Crippen LogP contribution in [-0.2, 0) is 16.0 Å². The van der Waals surface area contributed by atoms with Crippen molar-refractivity contribution in [2.24, 2.45) is 0 Å². The molecule has 0 fully saturated rings. The summed E-state index contributed by atoms with van der Waals surface area (Å²) in [5.74, 6) is -1.70. The molecule has 0 radical (unpaired) electrons. The van der Waals surface area contributed by atoms with E-state index in [0.717, 1.165) is 29.7 Å². The zero-order chi connectivity index (χ0) is 26.5. The summed E-state index contributed by atoms with van der Waals surface area (Å²) in [6.07, 6.45) is 3.07. The summed E-state index contributed by atoms with van der Waals surface area (Å²) in [5, 5.41) is 5.44. The number of carbonyl (C=O) groups is 4. The monoisotopic (exact) mass is 515 g/mol. The third kappa shape index (κ3) is 5.78. The van der Waals surface area contributed by atoms with Crippen LogP contribution in [0.1, 0.15) is 53.0 Å². The molecule has 0 aliphatic carbocycles. The van der Waals surface area contributed by atoms with Gasteiger partial charge in [0.25, 0.3) is 17.7 Å². The van der Waals surface area contributed by atoms with Crippen molar-refractivity contribution in [2.75, 3.05) is 15.5 Å². The molecule has 3 aromatic rings. The van der Waals surface area contributed by atoms with E-state index >= 15 is 0 Å².